The third-order valence-electron chi connectivity index (χ3n) is 1.82. The zero-order valence-corrected chi connectivity index (χ0v) is 7.83. The molecule has 0 heterocycles. The zero-order valence-electron chi connectivity index (χ0n) is 7.83. The highest BCUT2D eigenvalue weighted by Crippen LogP contribution is 1.94. The molecule has 3 N–H and O–H groups in total. The maximum absolute atomic E-state index is 10.1. The molecule has 0 aromatic heterocycles. The second-order valence-electron chi connectivity index (χ2n) is 2.89. The topological polar surface area (TPSA) is 78.9 Å². The molecule has 0 aromatic carbocycles. The van der Waals surface area contributed by atoms with E-state index in [1.807, 2.05) is 0 Å². The van der Waals surface area contributed by atoms with Crippen molar-refractivity contribution in [1.29, 1.82) is 5.26 Å². The van der Waals surface area contributed by atoms with Crippen LogP contribution >= 0.6 is 0 Å². The van der Waals surface area contributed by atoms with Crippen molar-refractivity contribution in [3.8, 4) is 6.07 Å². The van der Waals surface area contributed by atoms with Gasteiger partial charge >= 0.3 is 0 Å². The van der Waals surface area contributed by atoms with E-state index in [1.165, 1.54) is 0 Å². The van der Waals surface area contributed by atoms with Gasteiger partial charge in [-0.1, -0.05) is 0 Å². The molecule has 0 saturated heterocycles. The fourth-order valence-electron chi connectivity index (χ4n) is 1.05. The fourth-order valence-corrected chi connectivity index (χ4v) is 1.05. The monoisotopic (exact) mass is 183 g/mol. The van der Waals surface area contributed by atoms with Gasteiger partial charge < -0.3 is 15.8 Å². The lowest BCUT2D eigenvalue weighted by atomic mass is 10.1. The first-order valence-corrected chi connectivity index (χ1v) is 4.59. The summed E-state index contributed by atoms with van der Waals surface area (Å²) in [5, 5.41) is 11.5. The van der Waals surface area contributed by atoms with Crippen LogP contribution in [0.3, 0.4) is 0 Å². The predicted octanol–water partition coefficient (Wildman–Crippen LogP) is 0.186. The molecule has 13 heavy (non-hydrogen) atoms. The molecule has 0 spiro atoms. The minimum absolute atomic E-state index is 0.212. The van der Waals surface area contributed by atoms with Gasteiger partial charge in [0, 0.05) is 25.4 Å². The van der Waals surface area contributed by atoms with Crippen LogP contribution in [0.15, 0.2) is 0 Å². The van der Waals surface area contributed by atoms with Crippen LogP contribution in [0.25, 0.3) is 0 Å². The first kappa shape index (κ1) is 12.1. The van der Waals surface area contributed by atoms with Crippen molar-refractivity contribution in [3.05, 3.63) is 0 Å². The van der Waals surface area contributed by atoms with Crippen molar-refractivity contribution in [3.63, 3.8) is 0 Å². The molecule has 74 valence electrons. The first-order chi connectivity index (χ1) is 6.35. The van der Waals surface area contributed by atoms with E-state index in [4.69, 9.17) is 11.0 Å². The van der Waals surface area contributed by atoms with E-state index in [0.717, 1.165) is 25.7 Å². The van der Waals surface area contributed by atoms with Gasteiger partial charge in [-0.25, -0.2) is 0 Å². The minimum atomic E-state index is 0.212. The van der Waals surface area contributed by atoms with Gasteiger partial charge in [0.25, 0.3) is 0 Å². The molecule has 0 saturated carbocycles. The molecular weight excluding hydrogens is 166 g/mol. The van der Waals surface area contributed by atoms with Gasteiger partial charge in [-0.05, 0) is 19.4 Å². The third kappa shape index (κ3) is 7.44. The van der Waals surface area contributed by atoms with Crippen LogP contribution in [0, 0.1) is 11.3 Å². The van der Waals surface area contributed by atoms with Crippen LogP contribution in [0.4, 0.5) is 0 Å². The summed E-state index contributed by atoms with van der Waals surface area (Å²) < 4.78 is 0. The largest absolute Gasteiger partial charge is 0.329 e. The van der Waals surface area contributed by atoms with Crippen molar-refractivity contribution in [2.24, 2.45) is 5.73 Å². The molecule has 0 amide bonds. The molecule has 0 aliphatic heterocycles. The smallest absolute Gasteiger partial charge is 0.120 e. The molecule has 0 aromatic rings. The summed E-state index contributed by atoms with van der Waals surface area (Å²) in [5.41, 5.74) is 5.48. The Hall–Kier alpha value is -0.920. The predicted molar refractivity (Wildman–Crippen MR) is 51.0 cm³/mol. The van der Waals surface area contributed by atoms with E-state index < -0.39 is 0 Å². The van der Waals surface area contributed by atoms with E-state index in [-0.39, 0.29) is 6.04 Å². The van der Waals surface area contributed by atoms with Crippen molar-refractivity contribution < 1.29 is 4.79 Å². The maximum Gasteiger partial charge on any atom is 0.120 e. The molecule has 0 aliphatic rings. The highest BCUT2D eigenvalue weighted by Gasteiger charge is 2.03. The van der Waals surface area contributed by atoms with Crippen molar-refractivity contribution in [2.45, 2.75) is 31.7 Å². The second kappa shape index (κ2) is 9.17. The lowest BCUT2D eigenvalue weighted by molar-refractivity contribution is -0.108. The number of rotatable bonds is 8. The Kier molecular flexibility index (Phi) is 8.52. The van der Waals surface area contributed by atoms with Gasteiger partial charge in [-0.15, -0.1) is 0 Å². The molecule has 4 heteroatoms. The fraction of sp³-hybridized carbons (Fsp3) is 0.778. The number of unbranched alkanes of at least 4 members (excludes halogenated alkanes) is 1. The van der Waals surface area contributed by atoms with Crippen LogP contribution in [0.1, 0.15) is 25.7 Å². The van der Waals surface area contributed by atoms with Crippen LogP contribution in [-0.2, 0) is 4.79 Å². The molecule has 0 radical (unpaired) electrons. The number of nitriles is 1. The molecule has 0 aliphatic carbocycles. The Morgan fingerprint density at radius 2 is 2.38 bits per heavy atom. The van der Waals surface area contributed by atoms with Crippen molar-refractivity contribution >= 4 is 6.29 Å². The van der Waals surface area contributed by atoms with Crippen molar-refractivity contribution in [2.75, 3.05) is 13.1 Å². The Morgan fingerprint density at radius 3 is 2.92 bits per heavy atom. The van der Waals surface area contributed by atoms with E-state index >= 15 is 0 Å². The molecule has 0 bridgehead atoms. The number of nitrogens with two attached hydrogens (primary N) is 1. The van der Waals surface area contributed by atoms with Gasteiger partial charge in [0.05, 0.1) is 6.07 Å². The summed E-state index contributed by atoms with van der Waals surface area (Å²) in [6.07, 6.45) is 3.64. The molecule has 4 nitrogen and oxygen atoms in total. The van der Waals surface area contributed by atoms with Crippen LogP contribution in [-0.4, -0.2) is 25.4 Å². The molecular formula is C9H17N3O. The normalized spacial score (nSPS) is 12.0. The number of carbonyl (C=O) groups excluding carboxylic acids is 1. The van der Waals surface area contributed by atoms with E-state index in [1.54, 1.807) is 0 Å². The number of nitrogens with one attached hydrogen (secondary N) is 1. The standard InChI is InChI=1S/C9H17N3O/c10-5-1-2-6-12-9(8-11)4-3-7-13/h7,9,12H,1-4,6,8,11H2. The lowest BCUT2D eigenvalue weighted by Crippen LogP contribution is -2.36. The number of aldehydes is 1. The molecule has 1 atom stereocenters. The van der Waals surface area contributed by atoms with E-state index in [2.05, 4.69) is 11.4 Å². The zero-order chi connectivity index (χ0) is 9.94. The summed E-state index contributed by atoms with van der Waals surface area (Å²) in [7, 11) is 0. The highest BCUT2D eigenvalue weighted by atomic mass is 16.1. The van der Waals surface area contributed by atoms with Crippen LogP contribution < -0.4 is 11.1 Å². The molecule has 0 rings (SSSR count). The van der Waals surface area contributed by atoms with E-state index in [9.17, 15) is 4.79 Å². The SMILES string of the molecule is N#CCCCNC(CN)CCC=O. The Labute approximate surface area is 79.1 Å². The first-order valence-electron chi connectivity index (χ1n) is 4.59. The van der Waals surface area contributed by atoms with Crippen LogP contribution in [0.2, 0.25) is 0 Å². The average Bonchev–Trinajstić information content (AvgIpc) is 2.17. The number of carbonyl (C=O) groups is 1. The van der Waals surface area contributed by atoms with Gasteiger partial charge in [0.1, 0.15) is 6.29 Å². The summed E-state index contributed by atoms with van der Waals surface area (Å²) in [6.45, 7) is 1.34. The van der Waals surface area contributed by atoms with Crippen molar-refractivity contribution in [1.82, 2.24) is 5.32 Å². The summed E-state index contributed by atoms with van der Waals surface area (Å²) in [5.74, 6) is 0. The maximum atomic E-state index is 10.1. The Morgan fingerprint density at radius 1 is 1.62 bits per heavy atom. The Bertz CT molecular complexity index is 165. The average molecular weight is 183 g/mol. The summed E-state index contributed by atoms with van der Waals surface area (Å²) >= 11 is 0. The minimum Gasteiger partial charge on any atom is -0.329 e. The Balaban J connectivity index is 3.37. The summed E-state index contributed by atoms with van der Waals surface area (Å²) in [4.78, 5) is 10.1. The van der Waals surface area contributed by atoms with Gasteiger partial charge in [-0.3, -0.25) is 0 Å². The van der Waals surface area contributed by atoms with Gasteiger partial charge in [0.2, 0.25) is 0 Å². The van der Waals surface area contributed by atoms with Gasteiger partial charge in [0.15, 0.2) is 0 Å². The third-order valence-corrected chi connectivity index (χ3v) is 1.82. The lowest BCUT2D eigenvalue weighted by Gasteiger charge is -2.14. The summed E-state index contributed by atoms with van der Waals surface area (Å²) in [6, 6.07) is 2.29. The second-order valence-corrected chi connectivity index (χ2v) is 2.89. The van der Waals surface area contributed by atoms with Gasteiger partial charge in [-0.2, -0.15) is 5.26 Å². The number of nitrogens with zero attached hydrogens (tertiary/aromatic N) is 1. The molecule has 1 unspecified atom stereocenters. The quantitative estimate of drug-likeness (QED) is 0.416. The number of hydrogen-bond donors (Lipinski definition) is 2. The highest BCUT2D eigenvalue weighted by molar-refractivity contribution is 5.49. The van der Waals surface area contributed by atoms with Crippen LogP contribution in [0.5, 0.6) is 0 Å². The van der Waals surface area contributed by atoms with E-state index in [0.29, 0.717) is 19.4 Å². The molecule has 0 fully saturated rings. The number of hydrogen-bond acceptors (Lipinski definition) is 4.